The molecule has 0 fully saturated rings. The van der Waals surface area contributed by atoms with E-state index in [1.165, 1.54) is 12.1 Å². The Kier molecular flexibility index (Phi) is 6.10. The molecule has 158 valence electrons. The van der Waals surface area contributed by atoms with Gasteiger partial charge in [-0.1, -0.05) is 17.8 Å². The minimum Gasteiger partial charge on any atom is -0.416 e. The molecule has 3 aromatic rings. The van der Waals surface area contributed by atoms with Gasteiger partial charge in [-0.2, -0.15) is 13.2 Å². The molecule has 1 amide bonds. The van der Waals surface area contributed by atoms with Crippen LogP contribution in [0, 0.1) is 6.92 Å². The summed E-state index contributed by atoms with van der Waals surface area (Å²) >= 11 is 0.881. The molecule has 0 bridgehead atoms. The van der Waals surface area contributed by atoms with Crippen LogP contribution in [0.4, 0.5) is 18.9 Å². The van der Waals surface area contributed by atoms with Gasteiger partial charge in [0, 0.05) is 16.9 Å². The summed E-state index contributed by atoms with van der Waals surface area (Å²) in [4.78, 5) is 39.6. The predicted molar refractivity (Wildman–Crippen MR) is 100 cm³/mol. The fourth-order valence-corrected chi connectivity index (χ4v) is 3.04. The molecule has 3 rings (SSSR count). The first-order valence-corrected chi connectivity index (χ1v) is 9.35. The van der Waals surface area contributed by atoms with Crippen molar-refractivity contribution >= 4 is 23.4 Å². The SMILES string of the molecule is Cc1[nH]c(=O)[nH]c(=O)c1Cc1nnc(SCC(=O)Nc2cccc(C(F)(F)F)c2)o1. The molecular weight excluding hydrogens is 427 g/mol. The van der Waals surface area contributed by atoms with Gasteiger partial charge in [0.2, 0.25) is 11.8 Å². The van der Waals surface area contributed by atoms with E-state index in [4.69, 9.17) is 4.42 Å². The third kappa shape index (κ3) is 5.37. The Morgan fingerprint density at radius 2 is 2.00 bits per heavy atom. The number of anilines is 1. The standard InChI is InChI=1S/C17H14F3N5O4S/c1-8-11(14(27)23-15(28)21-8)6-13-24-25-16(29-13)30-7-12(26)22-10-4-2-3-9(5-10)17(18,19)20/h2-5H,6-7H2,1H3,(H,22,26)(H2,21,23,27,28). The summed E-state index contributed by atoms with van der Waals surface area (Å²) in [5.41, 5.74) is -1.47. The zero-order valence-electron chi connectivity index (χ0n) is 15.3. The van der Waals surface area contributed by atoms with Crippen molar-refractivity contribution in [3.05, 3.63) is 67.8 Å². The van der Waals surface area contributed by atoms with Gasteiger partial charge in [-0.15, -0.1) is 10.2 Å². The zero-order valence-corrected chi connectivity index (χ0v) is 16.1. The molecule has 0 saturated heterocycles. The highest BCUT2D eigenvalue weighted by Gasteiger charge is 2.30. The molecule has 1 aromatic carbocycles. The first-order chi connectivity index (χ1) is 14.1. The summed E-state index contributed by atoms with van der Waals surface area (Å²) in [7, 11) is 0. The molecule has 0 spiro atoms. The first-order valence-electron chi connectivity index (χ1n) is 8.36. The Morgan fingerprint density at radius 1 is 1.23 bits per heavy atom. The maximum Gasteiger partial charge on any atom is 0.416 e. The van der Waals surface area contributed by atoms with Gasteiger partial charge in [0.05, 0.1) is 17.7 Å². The van der Waals surface area contributed by atoms with E-state index in [0.29, 0.717) is 5.69 Å². The molecule has 30 heavy (non-hydrogen) atoms. The Bertz CT molecular complexity index is 1180. The summed E-state index contributed by atoms with van der Waals surface area (Å²) in [5.74, 6) is -0.653. The fourth-order valence-electron chi connectivity index (χ4n) is 2.46. The largest absolute Gasteiger partial charge is 0.416 e. The molecule has 0 saturated carbocycles. The van der Waals surface area contributed by atoms with Crippen molar-refractivity contribution < 1.29 is 22.4 Å². The van der Waals surface area contributed by atoms with Crippen LogP contribution in [0.5, 0.6) is 0 Å². The molecular formula is C17H14F3N5O4S. The molecule has 2 heterocycles. The Labute approximate surface area is 170 Å². The van der Waals surface area contributed by atoms with Gasteiger partial charge in [-0.05, 0) is 25.1 Å². The second kappa shape index (κ2) is 8.57. The number of alkyl halides is 3. The second-order valence-electron chi connectivity index (χ2n) is 6.07. The van der Waals surface area contributed by atoms with E-state index in [0.717, 1.165) is 23.9 Å². The molecule has 0 aliphatic rings. The molecule has 0 aliphatic heterocycles. The second-order valence-corrected chi connectivity index (χ2v) is 6.99. The summed E-state index contributed by atoms with van der Waals surface area (Å²) in [6.45, 7) is 1.55. The lowest BCUT2D eigenvalue weighted by Crippen LogP contribution is -2.27. The van der Waals surface area contributed by atoms with Gasteiger partial charge in [-0.25, -0.2) is 4.79 Å². The average molecular weight is 441 g/mol. The Morgan fingerprint density at radius 3 is 2.70 bits per heavy atom. The summed E-state index contributed by atoms with van der Waals surface area (Å²) in [6, 6.07) is 4.26. The van der Waals surface area contributed by atoms with Crippen LogP contribution in [-0.2, 0) is 17.4 Å². The number of halogens is 3. The number of amides is 1. The molecule has 0 aliphatic carbocycles. The minimum atomic E-state index is -4.51. The van der Waals surface area contributed by atoms with Crippen LogP contribution in [0.15, 0.2) is 43.5 Å². The van der Waals surface area contributed by atoms with Crippen LogP contribution in [-0.4, -0.2) is 31.8 Å². The van der Waals surface area contributed by atoms with Gasteiger partial charge < -0.3 is 14.7 Å². The number of thioether (sulfide) groups is 1. The maximum atomic E-state index is 12.7. The van der Waals surface area contributed by atoms with Crippen LogP contribution in [0.2, 0.25) is 0 Å². The number of aryl methyl sites for hydroxylation is 1. The van der Waals surface area contributed by atoms with Gasteiger partial charge in [0.15, 0.2) is 0 Å². The lowest BCUT2D eigenvalue weighted by molar-refractivity contribution is -0.137. The first kappa shape index (κ1) is 21.4. The number of hydrogen-bond donors (Lipinski definition) is 3. The number of carbonyl (C=O) groups excluding carboxylic acids is 1. The lowest BCUT2D eigenvalue weighted by Gasteiger charge is -2.09. The van der Waals surface area contributed by atoms with Crippen LogP contribution in [0.1, 0.15) is 22.7 Å². The summed E-state index contributed by atoms with van der Waals surface area (Å²) < 4.78 is 43.5. The number of H-pyrrole nitrogens is 2. The lowest BCUT2D eigenvalue weighted by atomic mass is 10.2. The summed E-state index contributed by atoms with van der Waals surface area (Å²) in [6.07, 6.45) is -4.54. The molecule has 0 radical (unpaired) electrons. The fraction of sp³-hybridized carbons (Fsp3) is 0.235. The van der Waals surface area contributed by atoms with Gasteiger partial charge in [-0.3, -0.25) is 14.6 Å². The molecule has 0 unspecified atom stereocenters. The smallest absolute Gasteiger partial charge is 0.416 e. The third-order valence-electron chi connectivity index (χ3n) is 3.83. The number of aromatic amines is 2. The van der Waals surface area contributed by atoms with Crippen molar-refractivity contribution in [2.45, 2.75) is 24.7 Å². The average Bonchev–Trinajstić information content (AvgIpc) is 3.10. The third-order valence-corrected chi connectivity index (χ3v) is 4.65. The monoisotopic (exact) mass is 441 g/mol. The van der Waals surface area contributed by atoms with E-state index in [2.05, 4.69) is 25.5 Å². The van der Waals surface area contributed by atoms with Crippen molar-refractivity contribution in [3.63, 3.8) is 0 Å². The number of nitrogens with one attached hydrogen (secondary N) is 3. The number of nitrogens with zero attached hydrogens (tertiary/aromatic N) is 2. The normalized spacial score (nSPS) is 11.5. The van der Waals surface area contributed by atoms with Crippen molar-refractivity contribution in [2.24, 2.45) is 0 Å². The number of hydrogen-bond acceptors (Lipinski definition) is 7. The van der Waals surface area contributed by atoms with E-state index in [9.17, 15) is 27.6 Å². The Hall–Kier alpha value is -3.35. The van der Waals surface area contributed by atoms with Gasteiger partial charge >= 0.3 is 11.9 Å². The number of carbonyl (C=O) groups is 1. The predicted octanol–water partition coefficient (Wildman–Crippen LogP) is 2.10. The quantitative estimate of drug-likeness (QED) is 0.499. The van der Waals surface area contributed by atoms with Crippen LogP contribution < -0.4 is 16.6 Å². The number of rotatable bonds is 6. The van der Waals surface area contributed by atoms with Gasteiger partial charge in [0.25, 0.3) is 10.8 Å². The highest BCUT2D eigenvalue weighted by molar-refractivity contribution is 7.99. The van der Waals surface area contributed by atoms with E-state index in [1.807, 2.05) is 0 Å². The van der Waals surface area contributed by atoms with Crippen molar-refractivity contribution in [2.75, 3.05) is 11.1 Å². The number of benzene rings is 1. The minimum absolute atomic E-state index is 0.00872. The van der Waals surface area contributed by atoms with Crippen LogP contribution in [0.25, 0.3) is 0 Å². The number of aromatic nitrogens is 4. The maximum absolute atomic E-state index is 12.7. The van der Waals surface area contributed by atoms with E-state index >= 15 is 0 Å². The highest BCUT2D eigenvalue weighted by Crippen LogP contribution is 2.30. The van der Waals surface area contributed by atoms with Crippen molar-refractivity contribution in [1.29, 1.82) is 0 Å². The summed E-state index contributed by atoms with van der Waals surface area (Å²) in [5, 5.41) is 9.93. The molecule has 0 atom stereocenters. The van der Waals surface area contributed by atoms with Gasteiger partial charge in [0.1, 0.15) is 0 Å². The van der Waals surface area contributed by atoms with Crippen LogP contribution in [0.3, 0.4) is 0 Å². The molecule has 2 aromatic heterocycles. The van der Waals surface area contributed by atoms with Crippen molar-refractivity contribution in [1.82, 2.24) is 20.2 Å². The van der Waals surface area contributed by atoms with E-state index in [1.54, 1.807) is 6.92 Å². The topological polar surface area (TPSA) is 134 Å². The zero-order chi connectivity index (χ0) is 21.9. The Balaban J connectivity index is 1.59. The molecule has 13 heteroatoms. The molecule has 3 N–H and O–H groups in total. The van der Waals surface area contributed by atoms with Crippen LogP contribution >= 0.6 is 11.8 Å². The highest BCUT2D eigenvalue weighted by atomic mass is 32.2. The van der Waals surface area contributed by atoms with E-state index in [-0.39, 0.29) is 34.5 Å². The van der Waals surface area contributed by atoms with E-state index < -0.39 is 28.9 Å². The van der Waals surface area contributed by atoms with Crippen molar-refractivity contribution in [3.8, 4) is 0 Å². The molecule has 9 nitrogen and oxygen atoms in total.